The maximum absolute atomic E-state index is 13.2. The third-order valence-corrected chi connectivity index (χ3v) is 4.07. The number of aromatic nitrogens is 1. The first kappa shape index (κ1) is 17.0. The van der Waals surface area contributed by atoms with Crippen LogP contribution in [0, 0.1) is 5.82 Å². The van der Waals surface area contributed by atoms with Crippen LogP contribution in [0.5, 0.6) is 5.75 Å². The summed E-state index contributed by atoms with van der Waals surface area (Å²) in [6.45, 7) is 4.58. The average Bonchev–Trinajstić information content (AvgIpc) is 3.19. The minimum atomic E-state index is -1.29. The lowest BCUT2D eigenvalue weighted by Crippen LogP contribution is -2.51. The van der Waals surface area contributed by atoms with E-state index in [2.05, 4.69) is 10.4 Å². The van der Waals surface area contributed by atoms with Gasteiger partial charge in [-0.15, -0.1) is 0 Å². The van der Waals surface area contributed by atoms with Gasteiger partial charge in [0.1, 0.15) is 24.4 Å². The highest BCUT2D eigenvalue weighted by Gasteiger charge is 2.52. The van der Waals surface area contributed by atoms with Crippen molar-refractivity contribution >= 4 is 6.47 Å². The fourth-order valence-corrected chi connectivity index (χ4v) is 2.79. The Morgan fingerprint density at radius 2 is 2.28 bits per heavy atom. The number of nitrogens with zero attached hydrogens (tertiary/aromatic N) is 2. The predicted octanol–water partition coefficient (Wildman–Crippen LogP) is 2.33. The lowest BCUT2D eigenvalue weighted by Gasteiger charge is -2.34. The van der Waals surface area contributed by atoms with Crippen molar-refractivity contribution in [3.63, 3.8) is 0 Å². The van der Waals surface area contributed by atoms with Gasteiger partial charge in [-0.3, -0.25) is 4.79 Å². The molecule has 3 rings (SSSR count). The Kier molecular flexibility index (Phi) is 4.71. The van der Waals surface area contributed by atoms with Gasteiger partial charge in [0.2, 0.25) is 0 Å². The lowest BCUT2D eigenvalue weighted by molar-refractivity contribution is -0.171. The molecule has 1 aromatic carbocycles. The van der Waals surface area contributed by atoms with Gasteiger partial charge in [0.25, 0.3) is 18.1 Å². The molecule has 1 aromatic heterocycles. The van der Waals surface area contributed by atoms with Crippen molar-refractivity contribution in [2.45, 2.75) is 19.6 Å². The molecule has 0 bridgehead atoms. The van der Waals surface area contributed by atoms with E-state index >= 15 is 0 Å². The van der Waals surface area contributed by atoms with Crippen molar-refractivity contribution in [1.82, 2.24) is 15.4 Å². The van der Waals surface area contributed by atoms with Gasteiger partial charge in [0.15, 0.2) is 0 Å². The summed E-state index contributed by atoms with van der Waals surface area (Å²) in [5, 5.41) is 1.66. The molecule has 1 unspecified atom stereocenters. The van der Waals surface area contributed by atoms with Crippen LogP contribution in [-0.4, -0.2) is 29.6 Å². The molecule has 2 heterocycles. The summed E-state index contributed by atoms with van der Waals surface area (Å²) in [5.41, 5.74) is 3.40. The van der Waals surface area contributed by atoms with Crippen LogP contribution in [-0.2, 0) is 15.3 Å². The predicted molar refractivity (Wildman–Crippen MR) is 85.4 cm³/mol. The number of oxazole rings is 1. The number of hydrogen-bond donors (Lipinski definition) is 1. The van der Waals surface area contributed by atoms with Crippen molar-refractivity contribution < 1.29 is 23.1 Å². The second-order valence-electron chi connectivity index (χ2n) is 5.51. The Bertz CT molecular complexity index is 778. The standard InChI is InChI=1S/C17H18FN3O4/c1-12-13(2)20-21(7-9-23-15-5-3-4-14(18)10-15)17(12,25-11-22)16-19-6-8-24-16/h3-6,8,10-11,20H,7,9H2,1-2H3. The molecule has 8 heteroatoms. The van der Waals surface area contributed by atoms with Gasteiger partial charge in [0.05, 0.1) is 12.7 Å². The molecule has 1 atom stereocenters. The van der Waals surface area contributed by atoms with Gasteiger partial charge in [-0.05, 0) is 26.0 Å². The van der Waals surface area contributed by atoms with Gasteiger partial charge >= 0.3 is 0 Å². The number of ether oxygens (including phenoxy) is 2. The maximum atomic E-state index is 13.2. The molecule has 25 heavy (non-hydrogen) atoms. The largest absolute Gasteiger partial charge is 0.492 e. The molecule has 7 nitrogen and oxygen atoms in total. The van der Waals surface area contributed by atoms with Gasteiger partial charge in [-0.2, -0.15) is 5.01 Å². The summed E-state index contributed by atoms with van der Waals surface area (Å²) in [4.78, 5) is 15.3. The number of carbonyl (C=O) groups is 1. The Labute approximate surface area is 144 Å². The van der Waals surface area contributed by atoms with E-state index in [1.807, 2.05) is 13.8 Å². The highest BCUT2D eigenvalue weighted by Crippen LogP contribution is 2.40. The quantitative estimate of drug-likeness (QED) is 0.770. The van der Waals surface area contributed by atoms with E-state index < -0.39 is 5.72 Å². The zero-order valence-electron chi connectivity index (χ0n) is 13.9. The van der Waals surface area contributed by atoms with Gasteiger partial charge in [-0.25, -0.2) is 9.37 Å². The van der Waals surface area contributed by atoms with Crippen molar-refractivity contribution in [2.24, 2.45) is 0 Å². The van der Waals surface area contributed by atoms with Gasteiger partial charge < -0.3 is 19.3 Å². The van der Waals surface area contributed by atoms with E-state index in [-0.39, 0.29) is 18.3 Å². The van der Waals surface area contributed by atoms with Crippen LogP contribution >= 0.6 is 0 Å². The van der Waals surface area contributed by atoms with Crippen molar-refractivity contribution in [2.75, 3.05) is 13.2 Å². The third-order valence-electron chi connectivity index (χ3n) is 4.07. The second-order valence-corrected chi connectivity index (χ2v) is 5.51. The highest BCUT2D eigenvalue weighted by atomic mass is 19.1. The number of hydrazine groups is 1. The Hall–Kier alpha value is -2.87. The molecule has 1 N–H and O–H groups in total. The van der Waals surface area contributed by atoms with Crippen LogP contribution in [0.4, 0.5) is 4.39 Å². The monoisotopic (exact) mass is 347 g/mol. The van der Waals surface area contributed by atoms with E-state index in [0.29, 0.717) is 18.8 Å². The van der Waals surface area contributed by atoms with Crippen LogP contribution in [0.2, 0.25) is 0 Å². The van der Waals surface area contributed by atoms with Crippen molar-refractivity contribution in [3.05, 3.63) is 59.7 Å². The molecular weight excluding hydrogens is 329 g/mol. The molecule has 0 spiro atoms. The first-order valence-electron chi connectivity index (χ1n) is 7.70. The maximum Gasteiger partial charge on any atom is 0.295 e. The third kappa shape index (κ3) is 3.08. The van der Waals surface area contributed by atoms with Gasteiger partial charge in [-0.1, -0.05) is 6.07 Å². The number of halogens is 1. The molecule has 0 saturated heterocycles. The molecule has 0 fully saturated rings. The molecule has 0 radical (unpaired) electrons. The Morgan fingerprint density at radius 3 is 2.96 bits per heavy atom. The van der Waals surface area contributed by atoms with E-state index in [0.717, 1.165) is 11.3 Å². The first-order valence-corrected chi connectivity index (χ1v) is 7.70. The Morgan fingerprint density at radius 1 is 1.44 bits per heavy atom. The fourth-order valence-electron chi connectivity index (χ4n) is 2.79. The van der Waals surface area contributed by atoms with Crippen LogP contribution in [0.15, 0.2) is 52.4 Å². The molecule has 0 saturated carbocycles. The Balaban J connectivity index is 1.78. The minimum Gasteiger partial charge on any atom is -0.492 e. The molecule has 0 amide bonds. The van der Waals surface area contributed by atoms with Crippen LogP contribution < -0.4 is 10.2 Å². The number of rotatable bonds is 7. The van der Waals surface area contributed by atoms with E-state index in [1.54, 1.807) is 17.1 Å². The van der Waals surface area contributed by atoms with E-state index in [9.17, 15) is 9.18 Å². The van der Waals surface area contributed by atoms with Crippen molar-refractivity contribution in [1.29, 1.82) is 0 Å². The number of allylic oxidation sites excluding steroid dienone is 1. The smallest absolute Gasteiger partial charge is 0.295 e. The fraction of sp³-hybridized carbons (Fsp3) is 0.294. The molecule has 1 aliphatic rings. The average molecular weight is 347 g/mol. The normalized spacial score (nSPS) is 20.4. The summed E-state index contributed by atoms with van der Waals surface area (Å²) in [6.07, 6.45) is 2.89. The summed E-state index contributed by atoms with van der Waals surface area (Å²) in [5.74, 6) is 0.273. The number of hydrogen-bond acceptors (Lipinski definition) is 7. The minimum absolute atomic E-state index is 0.224. The van der Waals surface area contributed by atoms with Gasteiger partial charge in [0, 0.05) is 17.3 Å². The highest BCUT2D eigenvalue weighted by molar-refractivity contribution is 5.43. The summed E-state index contributed by atoms with van der Waals surface area (Å²) in [6, 6.07) is 5.88. The van der Waals surface area contributed by atoms with Crippen molar-refractivity contribution in [3.8, 4) is 5.75 Å². The molecule has 132 valence electrons. The van der Waals surface area contributed by atoms with Crippen LogP contribution in [0.3, 0.4) is 0 Å². The molecule has 0 aliphatic carbocycles. The summed E-state index contributed by atoms with van der Waals surface area (Å²) < 4.78 is 29.6. The summed E-state index contributed by atoms with van der Waals surface area (Å²) >= 11 is 0. The first-order chi connectivity index (χ1) is 12.1. The van der Waals surface area contributed by atoms with Crippen LogP contribution in [0.25, 0.3) is 0 Å². The summed E-state index contributed by atoms with van der Waals surface area (Å²) in [7, 11) is 0. The topological polar surface area (TPSA) is 76.8 Å². The molecule has 1 aliphatic heterocycles. The zero-order chi connectivity index (χ0) is 17.9. The number of carbonyl (C=O) groups excluding carboxylic acids is 1. The number of benzene rings is 1. The van der Waals surface area contributed by atoms with E-state index in [1.165, 1.54) is 24.6 Å². The second kappa shape index (κ2) is 6.94. The molecule has 2 aromatic rings. The van der Waals surface area contributed by atoms with Crippen LogP contribution in [0.1, 0.15) is 19.7 Å². The zero-order valence-corrected chi connectivity index (χ0v) is 13.9. The number of nitrogens with one attached hydrogen (secondary N) is 1. The molecular formula is C17H18FN3O4. The lowest BCUT2D eigenvalue weighted by atomic mass is 10.0. The van der Waals surface area contributed by atoms with E-state index in [4.69, 9.17) is 13.9 Å². The SMILES string of the molecule is CC1=C(C)C(OC=O)(c2ncco2)N(CCOc2cccc(F)c2)N1.